The summed E-state index contributed by atoms with van der Waals surface area (Å²) in [7, 11) is 0. The van der Waals surface area contributed by atoms with Gasteiger partial charge in [0, 0.05) is 0 Å². The van der Waals surface area contributed by atoms with Crippen LogP contribution in [-0.2, 0) is 4.79 Å². The Balaban J connectivity index is 1.93. The van der Waals surface area contributed by atoms with E-state index < -0.39 is 0 Å². The molecule has 2 aromatic carbocycles. The van der Waals surface area contributed by atoms with Gasteiger partial charge in [0.05, 0.1) is 10.6 Å². The maximum absolute atomic E-state index is 12.7. The predicted molar refractivity (Wildman–Crippen MR) is 103 cm³/mol. The lowest BCUT2D eigenvalue weighted by Crippen LogP contribution is -2.27. The minimum absolute atomic E-state index is 0.0520. The summed E-state index contributed by atoms with van der Waals surface area (Å²) >= 11 is 6.77. The number of thiocarbonyl (C=S) groups is 1. The van der Waals surface area contributed by atoms with E-state index in [1.165, 1.54) is 22.9 Å². The molecule has 1 amide bonds. The van der Waals surface area contributed by atoms with Crippen molar-refractivity contribution in [1.29, 1.82) is 0 Å². The molecule has 3 rings (SSSR count). The molecule has 1 aliphatic heterocycles. The standard InChI is InChI=1S/C19H17NOS2/c1-12-4-7-15(8-5-12)11-17-18(21)20(19(22)23-17)16-9-6-13(2)14(3)10-16/h4-11H,1-3H3. The number of thioether (sulfide) groups is 1. The fraction of sp³-hybridized carbons (Fsp3) is 0.158. The monoisotopic (exact) mass is 339 g/mol. The largest absolute Gasteiger partial charge is 0.270 e. The SMILES string of the molecule is Cc1ccc(C=C2SC(=S)N(c3ccc(C)c(C)c3)C2=O)cc1. The second-order valence-corrected chi connectivity index (χ2v) is 7.37. The number of hydrogen-bond donors (Lipinski definition) is 0. The van der Waals surface area contributed by atoms with Crippen molar-refractivity contribution in [3.05, 3.63) is 69.6 Å². The van der Waals surface area contributed by atoms with Gasteiger partial charge in [-0.1, -0.05) is 59.9 Å². The highest BCUT2D eigenvalue weighted by molar-refractivity contribution is 8.27. The molecule has 0 atom stereocenters. The van der Waals surface area contributed by atoms with Gasteiger partial charge < -0.3 is 0 Å². The van der Waals surface area contributed by atoms with Crippen molar-refractivity contribution in [3.63, 3.8) is 0 Å². The molecule has 1 fully saturated rings. The third-order valence-corrected chi connectivity index (χ3v) is 5.22. The smallest absolute Gasteiger partial charge is 0.268 e. The van der Waals surface area contributed by atoms with E-state index in [1.807, 2.05) is 62.4 Å². The van der Waals surface area contributed by atoms with E-state index in [1.54, 1.807) is 4.90 Å². The summed E-state index contributed by atoms with van der Waals surface area (Å²) in [6.45, 7) is 6.14. The quantitative estimate of drug-likeness (QED) is 0.566. The number of amides is 1. The Morgan fingerprint density at radius 3 is 2.35 bits per heavy atom. The molecule has 0 radical (unpaired) electrons. The number of aryl methyl sites for hydroxylation is 3. The predicted octanol–water partition coefficient (Wildman–Crippen LogP) is 5.02. The van der Waals surface area contributed by atoms with Crippen LogP contribution in [0.1, 0.15) is 22.3 Å². The molecule has 1 saturated heterocycles. The first-order chi connectivity index (χ1) is 11.0. The number of carbonyl (C=O) groups is 1. The van der Waals surface area contributed by atoms with Crippen molar-refractivity contribution < 1.29 is 4.79 Å². The molecule has 23 heavy (non-hydrogen) atoms. The second kappa shape index (κ2) is 6.30. The number of rotatable bonds is 2. The highest BCUT2D eigenvalue weighted by Crippen LogP contribution is 2.36. The van der Waals surface area contributed by atoms with Crippen LogP contribution < -0.4 is 4.90 Å². The molecular formula is C19H17NOS2. The topological polar surface area (TPSA) is 20.3 Å². The molecule has 2 aromatic rings. The molecule has 0 saturated carbocycles. The van der Waals surface area contributed by atoms with E-state index in [2.05, 4.69) is 6.92 Å². The van der Waals surface area contributed by atoms with Gasteiger partial charge in [-0.15, -0.1) is 0 Å². The third kappa shape index (κ3) is 3.23. The van der Waals surface area contributed by atoms with Crippen molar-refractivity contribution in [3.8, 4) is 0 Å². The molecule has 2 nitrogen and oxygen atoms in total. The Morgan fingerprint density at radius 1 is 1.00 bits per heavy atom. The normalized spacial score (nSPS) is 16.5. The minimum Gasteiger partial charge on any atom is -0.268 e. The van der Waals surface area contributed by atoms with Gasteiger partial charge in [0.1, 0.15) is 0 Å². The zero-order valence-corrected chi connectivity index (χ0v) is 14.9. The van der Waals surface area contributed by atoms with Crippen molar-refractivity contribution in [2.75, 3.05) is 4.90 Å². The summed E-state index contributed by atoms with van der Waals surface area (Å²) < 4.78 is 0.580. The number of anilines is 1. The number of benzene rings is 2. The summed E-state index contributed by atoms with van der Waals surface area (Å²) in [6, 6.07) is 14.1. The van der Waals surface area contributed by atoms with Gasteiger partial charge in [-0.05, 0) is 55.7 Å². The van der Waals surface area contributed by atoms with Gasteiger partial charge in [-0.2, -0.15) is 0 Å². The Hall–Kier alpha value is -1.91. The fourth-order valence-electron chi connectivity index (χ4n) is 2.37. The number of hydrogen-bond acceptors (Lipinski definition) is 3. The first-order valence-corrected chi connectivity index (χ1v) is 8.60. The van der Waals surface area contributed by atoms with E-state index in [4.69, 9.17) is 12.2 Å². The summed E-state index contributed by atoms with van der Waals surface area (Å²) in [6.07, 6.45) is 1.90. The van der Waals surface area contributed by atoms with Gasteiger partial charge in [-0.25, -0.2) is 0 Å². The van der Waals surface area contributed by atoms with Crippen LogP contribution in [0, 0.1) is 20.8 Å². The maximum Gasteiger partial charge on any atom is 0.270 e. The molecule has 0 aliphatic carbocycles. The highest BCUT2D eigenvalue weighted by atomic mass is 32.2. The van der Waals surface area contributed by atoms with E-state index >= 15 is 0 Å². The molecular weight excluding hydrogens is 322 g/mol. The number of carbonyl (C=O) groups excluding carboxylic acids is 1. The van der Waals surface area contributed by atoms with Crippen LogP contribution in [-0.4, -0.2) is 10.2 Å². The second-order valence-electron chi connectivity index (χ2n) is 5.70. The van der Waals surface area contributed by atoms with Crippen molar-refractivity contribution in [2.45, 2.75) is 20.8 Å². The average Bonchev–Trinajstić information content (AvgIpc) is 2.79. The molecule has 0 unspecified atom stereocenters. The molecule has 4 heteroatoms. The molecule has 0 bridgehead atoms. The van der Waals surface area contributed by atoms with Crippen molar-refractivity contribution >= 4 is 46.0 Å². The summed E-state index contributed by atoms with van der Waals surface area (Å²) in [5.74, 6) is -0.0520. The first kappa shape index (κ1) is 16.0. The minimum atomic E-state index is -0.0520. The van der Waals surface area contributed by atoms with E-state index in [9.17, 15) is 4.79 Å². The summed E-state index contributed by atoms with van der Waals surface area (Å²) in [4.78, 5) is 15.0. The Morgan fingerprint density at radius 2 is 1.70 bits per heavy atom. The summed E-state index contributed by atoms with van der Waals surface area (Å²) in [5, 5.41) is 0. The molecule has 0 aromatic heterocycles. The Bertz CT molecular complexity index is 822. The van der Waals surface area contributed by atoms with Crippen LogP contribution in [0.3, 0.4) is 0 Å². The van der Waals surface area contributed by atoms with Crippen LogP contribution in [0.4, 0.5) is 5.69 Å². The lowest BCUT2D eigenvalue weighted by atomic mass is 10.1. The number of nitrogens with zero attached hydrogens (tertiary/aromatic N) is 1. The van der Waals surface area contributed by atoms with Gasteiger partial charge in [-0.3, -0.25) is 9.69 Å². The Kier molecular flexibility index (Phi) is 4.37. The van der Waals surface area contributed by atoms with Gasteiger partial charge in [0.2, 0.25) is 0 Å². The van der Waals surface area contributed by atoms with Crippen LogP contribution >= 0.6 is 24.0 Å². The van der Waals surface area contributed by atoms with Crippen LogP contribution in [0.15, 0.2) is 47.4 Å². The molecule has 1 aliphatic rings. The molecule has 116 valence electrons. The van der Waals surface area contributed by atoms with Crippen molar-refractivity contribution in [2.24, 2.45) is 0 Å². The van der Waals surface area contributed by atoms with Crippen molar-refractivity contribution in [1.82, 2.24) is 0 Å². The maximum atomic E-state index is 12.7. The molecule has 0 spiro atoms. The van der Waals surface area contributed by atoms with Crippen LogP contribution in [0.25, 0.3) is 6.08 Å². The lowest BCUT2D eigenvalue weighted by molar-refractivity contribution is -0.113. The zero-order valence-electron chi connectivity index (χ0n) is 13.3. The van der Waals surface area contributed by atoms with E-state index in [0.717, 1.165) is 16.8 Å². The van der Waals surface area contributed by atoms with Gasteiger partial charge in [0.25, 0.3) is 5.91 Å². The first-order valence-electron chi connectivity index (χ1n) is 7.37. The van der Waals surface area contributed by atoms with E-state index in [0.29, 0.717) is 9.23 Å². The zero-order chi connectivity index (χ0) is 16.6. The fourth-order valence-corrected chi connectivity index (χ4v) is 3.67. The third-order valence-electron chi connectivity index (χ3n) is 3.92. The molecule has 1 heterocycles. The summed E-state index contributed by atoms with van der Waals surface area (Å²) in [5.41, 5.74) is 5.40. The van der Waals surface area contributed by atoms with Crippen LogP contribution in [0.5, 0.6) is 0 Å². The Labute approximate surface area is 146 Å². The van der Waals surface area contributed by atoms with Gasteiger partial charge in [0.15, 0.2) is 4.32 Å². The van der Waals surface area contributed by atoms with E-state index in [-0.39, 0.29) is 5.91 Å². The highest BCUT2D eigenvalue weighted by Gasteiger charge is 2.33. The van der Waals surface area contributed by atoms with Crippen LogP contribution in [0.2, 0.25) is 0 Å². The average molecular weight is 339 g/mol. The molecule has 0 N–H and O–H groups in total. The van der Waals surface area contributed by atoms with Gasteiger partial charge >= 0.3 is 0 Å². The lowest BCUT2D eigenvalue weighted by Gasteiger charge is -2.15.